The minimum Gasteiger partial charge on any atom is -0.463 e. The van der Waals surface area contributed by atoms with Crippen LogP contribution in [0.5, 0.6) is 0 Å². The number of unbranched alkanes of at least 4 members (excludes halogenated alkanes) is 1. The maximum Gasteiger partial charge on any atom is 0.330 e. The summed E-state index contributed by atoms with van der Waals surface area (Å²) in [5, 5.41) is 0. The lowest BCUT2D eigenvalue weighted by Gasteiger charge is -1.97. The molecule has 0 radical (unpaired) electrons. The minimum atomic E-state index is -0.330. The zero-order valence-electron chi connectivity index (χ0n) is 11.6. The Balaban J connectivity index is 0.000000344. The highest BCUT2D eigenvalue weighted by atomic mass is 16.5. The lowest BCUT2D eigenvalue weighted by molar-refractivity contribution is -0.137. The van der Waals surface area contributed by atoms with Crippen LogP contribution in [0.3, 0.4) is 0 Å². The molecule has 1 aromatic carbocycles. The van der Waals surface area contributed by atoms with E-state index < -0.39 is 0 Å². The molecule has 0 saturated carbocycles. The van der Waals surface area contributed by atoms with E-state index in [9.17, 15) is 4.79 Å². The largest absolute Gasteiger partial charge is 0.463 e. The number of hydrogen-bond acceptors (Lipinski definition) is 2. The minimum absolute atomic E-state index is 0.330. The molecule has 0 unspecified atom stereocenters. The van der Waals surface area contributed by atoms with Crippen LogP contribution in [-0.2, 0) is 9.53 Å². The second-order valence-electron chi connectivity index (χ2n) is 3.76. The molecule has 0 aromatic heterocycles. The van der Waals surface area contributed by atoms with E-state index in [-0.39, 0.29) is 5.97 Å². The first-order valence-electron chi connectivity index (χ1n) is 6.32. The van der Waals surface area contributed by atoms with Gasteiger partial charge in [-0.15, -0.1) is 0 Å². The van der Waals surface area contributed by atoms with Crippen molar-refractivity contribution < 1.29 is 9.53 Å². The summed E-state index contributed by atoms with van der Waals surface area (Å²) in [6, 6.07) is 8.02. The van der Waals surface area contributed by atoms with Crippen LogP contribution >= 0.6 is 0 Å². The smallest absolute Gasteiger partial charge is 0.330 e. The van der Waals surface area contributed by atoms with Crippen molar-refractivity contribution in [2.24, 2.45) is 0 Å². The number of carbonyl (C=O) groups is 1. The lowest BCUT2D eigenvalue weighted by Crippen LogP contribution is -2.00. The highest BCUT2D eigenvalue weighted by Gasteiger charge is 1.91. The van der Waals surface area contributed by atoms with Crippen molar-refractivity contribution in [1.29, 1.82) is 0 Å². The first-order valence-corrected chi connectivity index (χ1v) is 6.32. The van der Waals surface area contributed by atoms with Crippen LogP contribution in [-0.4, -0.2) is 12.6 Å². The Morgan fingerprint density at radius 1 is 1.16 bits per heavy atom. The molecular formula is C17H22O2. The predicted molar refractivity (Wildman–Crippen MR) is 82.7 cm³/mol. The van der Waals surface area contributed by atoms with Gasteiger partial charge in [-0.05, 0) is 17.5 Å². The van der Waals surface area contributed by atoms with E-state index in [1.165, 1.54) is 6.08 Å². The topological polar surface area (TPSA) is 26.3 Å². The second kappa shape index (κ2) is 11.0. The van der Waals surface area contributed by atoms with E-state index in [1.54, 1.807) is 0 Å². The number of esters is 1. The summed E-state index contributed by atoms with van der Waals surface area (Å²) in [5.74, 6) is -0.330. The molecule has 2 nitrogen and oxygen atoms in total. The molecule has 0 saturated heterocycles. The Hall–Kier alpha value is -2.09. The van der Waals surface area contributed by atoms with E-state index in [2.05, 4.69) is 24.5 Å². The summed E-state index contributed by atoms with van der Waals surface area (Å²) in [6.45, 7) is 13.2. The Morgan fingerprint density at radius 3 is 2.05 bits per heavy atom. The molecule has 102 valence electrons. The molecule has 1 aromatic rings. The third kappa shape index (κ3) is 7.77. The molecule has 0 aliphatic heterocycles. The maximum atomic E-state index is 10.3. The van der Waals surface area contributed by atoms with Crippen molar-refractivity contribution in [2.45, 2.75) is 19.8 Å². The molecule has 1 rings (SSSR count). The zero-order valence-corrected chi connectivity index (χ0v) is 11.6. The molecule has 0 fully saturated rings. The van der Waals surface area contributed by atoms with E-state index in [0.717, 1.165) is 24.0 Å². The highest BCUT2D eigenvalue weighted by molar-refractivity contribution is 5.81. The normalized spacial score (nSPS) is 8.68. The molecule has 0 spiro atoms. The summed E-state index contributed by atoms with van der Waals surface area (Å²) in [7, 11) is 0. The lowest BCUT2D eigenvalue weighted by atomic mass is 10.1. The molecule has 0 heterocycles. The molecule has 0 atom stereocenters. The van der Waals surface area contributed by atoms with Gasteiger partial charge in [0.2, 0.25) is 0 Å². The van der Waals surface area contributed by atoms with Crippen LogP contribution in [0.25, 0.3) is 12.2 Å². The first-order chi connectivity index (χ1) is 9.19. The molecule has 0 aliphatic rings. The molecule has 0 amide bonds. The van der Waals surface area contributed by atoms with Crippen molar-refractivity contribution in [1.82, 2.24) is 0 Å². The zero-order chi connectivity index (χ0) is 14.5. The molecule has 0 bridgehead atoms. The van der Waals surface area contributed by atoms with Gasteiger partial charge in [0.25, 0.3) is 0 Å². The molecule has 2 heteroatoms. The molecule has 0 aliphatic carbocycles. The van der Waals surface area contributed by atoms with Gasteiger partial charge in [-0.2, -0.15) is 0 Å². The average molecular weight is 258 g/mol. The van der Waals surface area contributed by atoms with Crippen LogP contribution in [0.15, 0.2) is 50.1 Å². The first kappa shape index (κ1) is 16.9. The van der Waals surface area contributed by atoms with Gasteiger partial charge in [-0.3, -0.25) is 0 Å². The number of rotatable bonds is 6. The quantitative estimate of drug-likeness (QED) is 0.427. The predicted octanol–water partition coefficient (Wildman–Crippen LogP) is 4.49. The van der Waals surface area contributed by atoms with Crippen molar-refractivity contribution in [3.05, 3.63) is 61.2 Å². The van der Waals surface area contributed by atoms with Crippen molar-refractivity contribution in [3.63, 3.8) is 0 Å². The number of hydrogen-bond donors (Lipinski definition) is 0. The molecule has 0 N–H and O–H groups in total. The average Bonchev–Trinajstić information content (AvgIpc) is 2.47. The third-order valence-corrected chi connectivity index (χ3v) is 2.34. The summed E-state index contributed by atoms with van der Waals surface area (Å²) < 4.78 is 4.67. The van der Waals surface area contributed by atoms with E-state index in [4.69, 9.17) is 0 Å². The van der Waals surface area contributed by atoms with Crippen LogP contribution in [0.4, 0.5) is 0 Å². The van der Waals surface area contributed by atoms with Crippen molar-refractivity contribution in [2.75, 3.05) is 6.61 Å². The number of carbonyl (C=O) groups excluding carboxylic acids is 1. The van der Waals surface area contributed by atoms with Gasteiger partial charge in [-0.25, -0.2) is 4.79 Å². The van der Waals surface area contributed by atoms with Crippen LogP contribution in [0.2, 0.25) is 0 Å². The van der Waals surface area contributed by atoms with Gasteiger partial charge in [0.1, 0.15) is 0 Å². The van der Waals surface area contributed by atoms with Crippen LogP contribution in [0.1, 0.15) is 30.9 Å². The number of ether oxygens (including phenoxy) is 1. The monoisotopic (exact) mass is 258 g/mol. The fourth-order valence-electron chi connectivity index (χ4n) is 1.26. The highest BCUT2D eigenvalue weighted by Crippen LogP contribution is 2.10. The van der Waals surface area contributed by atoms with E-state index in [1.807, 2.05) is 43.3 Å². The Labute approximate surface area is 116 Å². The van der Waals surface area contributed by atoms with Gasteiger partial charge < -0.3 is 4.74 Å². The summed E-state index contributed by atoms with van der Waals surface area (Å²) in [4.78, 5) is 10.3. The standard InChI is InChI=1S/C10H10.C7H12O2/c1-3-9-7-5-6-8-10(9)4-2;1-3-5-6-9-7(8)4-2/h3-8H,1-2H2;4H,2-3,5-6H2,1H3. The Morgan fingerprint density at radius 2 is 1.68 bits per heavy atom. The number of benzene rings is 1. The van der Waals surface area contributed by atoms with E-state index in [0.29, 0.717) is 6.61 Å². The van der Waals surface area contributed by atoms with Gasteiger partial charge >= 0.3 is 5.97 Å². The van der Waals surface area contributed by atoms with Gasteiger partial charge in [-0.1, -0.05) is 69.5 Å². The second-order valence-corrected chi connectivity index (χ2v) is 3.76. The fourth-order valence-corrected chi connectivity index (χ4v) is 1.26. The third-order valence-electron chi connectivity index (χ3n) is 2.34. The summed E-state index contributed by atoms with van der Waals surface area (Å²) in [5.41, 5.74) is 2.27. The van der Waals surface area contributed by atoms with Gasteiger partial charge in [0, 0.05) is 6.08 Å². The summed E-state index contributed by atoms with van der Waals surface area (Å²) in [6.07, 6.45) is 6.81. The van der Waals surface area contributed by atoms with Crippen molar-refractivity contribution >= 4 is 18.1 Å². The fraction of sp³-hybridized carbons (Fsp3) is 0.235. The maximum absolute atomic E-state index is 10.3. The molecular weight excluding hydrogens is 236 g/mol. The Bertz CT molecular complexity index is 392. The van der Waals surface area contributed by atoms with Gasteiger partial charge in [0.05, 0.1) is 6.61 Å². The Kier molecular flexibility index (Phi) is 9.81. The SMILES string of the molecule is C=CC(=O)OCCCC.C=Cc1ccccc1C=C. The van der Waals surface area contributed by atoms with E-state index >= 15 is 0 Å². The van der Waals surface area contributed by atoms with Crippen LogP contribution < -0.4 is 0 Å². The summed E-state index contributed by atoms with van der Waals surface area (Å²) >= 11 is 0. The van der Waals surface area contributed by atoms with Gasteiger partial charge in [0.15, 0.2) is 0 Å². The molecule has 19 heavy (non-hydrogen) atoms. The van der Waals surface area contributed by atoms with Crippen molar-refractivity contribution in [3.8, 4) is 0 Å². The van der Waals surface area contributed by atoms with Crippen LogP contribution in [0, 0.1) is 0 Å².